The second-order valence-electron chi connectivity index (χ2n) is 34.6. The van der Waals surface area contributed by atoms with Crippen molar-refractivity contribution in [1.29, 1.82) is 0 Å². The number of rotatable bonds is 96. The summed E-state index contributed by atoms with van der Waals surface area (Å²) in [6, 6.07) is 0. The molecule has 0 aromatic rings. The van der Waals surface area contributed by atoms with Crippen LogP contribution in [-0.2, 0) is 0 Å². The highest BCUT2D eigenvalue weighted by Gasteiger charge is 2.04. The van der Waals surface area contributed by atoms with Gasteiger partial charge in [0.05, 0.1) is 0 Å². The molecule has 0 saturated heterocycles. The van der Waals surface area contributed by atoms with Crippen molar-refractivity contribution < 1.29 is 5.11 Å². The van der Waals surface area contributed by atoms with Gasteiger partial charge < -0.3 is 5.11 Å². The van der Waals surface area contributed by atoms with Crippen molar-refractivity contribution in [2.24, 2.45) is 0 Å². The van der Waals surface area contributed by atoms with E-state index in [1.165, 1.54) is 610 Å². The van der Waals surface area contributed by atoms with Crippen LogP contribution in [0.25, 0.3) is 0 Å². The highest BCUT2D eigenvalue weighted by atomic mass is 16.2. The van der Waals surface area contributed by atoms with Crippen LogP contribution in [0.1, 0.15) is 630 Å². The van der Waals surface area contributed by atoms with E-state index in [0.29, 0.717) is 0 Å². The lowest BCUT2D eigenvalue weighted by molar-refractivity contribution is 0.505. The lowest BCUT2D eigenvalue weighted by atomic mass is 10.0. The van der Waals surface area contributed by atoms with Gasteiger partial charge in [-0.15, -0.1) is 0 Å². The first-order valence-corrected chi connectivity index (χ1v) is 49.5. The summed E-state index contributed by atoms with van der Waals surface area (Å²) in [7, 11) is 0. The lowest BCUT2D eigenvalue weighted by Crippen LogP contribution is -1.85. The third-order valence-corrected chi connectivity index (χ3v) is 24.2. The van der Waals surface area contributed by atoms with Gasteiger partial charge in [-0.25, -0.2) is 0 Å². The topological polar surface area (TPSA) is 20.2 Å². The maximum atomic E-state index is 8.50. The SMILES string of the molecule is CCCCCCCCCCCCCCCCCCCCCCCCCCCCCCCCCCCCCCCCCCCCCCCCCCCCCCCCCCCCCCCCCCCCCCCCCCCCCCCCCCCCCCCCCCCCCCCCCCC#CO. The molecule has 0 aliphatic rings. The largest absolute Gasteiger partial charge is 0.462 e. The molecular formula is C100H198O. The molecule has 604 valence electrons. The number of hydrogen-bond acceptors (Lipinski definition) is 1. The predicted octanol–water partition coefficient (Wildman–Crippen LogP) is 38.2. The molecule has 0 aliphatic carbocycles. The summed E-state index contributed by atoms with van der Waals surface area (Å²) in [5.74, 6) is 2.75. The Morgan fingerprint density at radius 1 is 0.109 bits per heavy atom. The highest BCUT2D eigenvalue weighted by Crippen LogP contribution is 2.23. The molecule has 0 aromatic carbocycles. The number of aliphatic hydroxyl groups excluding tert-OH is 1. The maximum absolute atomic E-state index is 8.50. The average Bonchev–Trinajstić information content (AvgIpc) is 3.68. The van der Waals surface area contributed by atoms with E-state index >= 15 is 0 Å². The molecule has 0 aliphatic heterocycles. The minimum Gasteiger partial charge on any atom is -0.462 e. The van der Waals surface area contributed by atoms with Gasteiger partial charge in [-0.2, -0.15) is 0 Å². The van der Waals surface area contributed by atoms with Gasteiger partial charge >= 0.3 is 0 Å². The quantitative estimate of drug-likeness (QED) is 0.0475. The Balaban J connectivity index is 3.09. The second-order valence-corrected chi connectivity index (χ2v) is 34.6. The van der Waals surface area contributed by atoms with Crippen LogP contribution in [0.15, 0.2) is 0 Å². The molecule has 0 saturated carbocycles. The predicted molar refractivity (Wildman–Crippen MR) is 463 cm³/mol. The minimum absolute atomic E-state index is 0.858. The Labute approximate surface area is 643 Å². The van der Waals surface area contributed by atoms with Crippen molar-refractivity contribution in [3.8, 4) is 12.0 Å². The maximum Gasteiger partial charge on any atom is 0.107 e. The van der Waals surface area contributed by atoms with Crippen LogP contribution in [0.2, 0.25) is 0 Å². The van der Waals surface area contributed by atoms with E-state index < -0.39 is 0 Å². The zero-order valence-electron chi connectivity index (χ0n) is 71.0. The summed E-state index contributed by atoms with van der Waals surface area (Å²) < 4.78 is 0. The molecule has 0 amide bonds. The normalized spacial score (nSPS) is 11.7. The fourth-order valence-electron chi connectivity index (χ4n) is 17.0. The number of aliphatic hydroxyl groups is 1. The summed E-state index contributed by atoms with van der Waals surface area (Å²) in [6.45, 7) is 2.32. The van der Waals surface area contributed by atoms with E-state index in [-0.39, 0.29) is 0 Å². The third kappa shape index (κ3) is 99.4. The Kier molecular flexibility index (Phi) is 98.7. The zero-order valence-corrected chi connectivity index (χ0v) is 71.0. The molecule has 1 heteroatoms. The van der Waals surface area contributed by atoms with Crippen molar-refractivity contribution in [1.82, 2.24) is 0 Å². The van der Waals surface area contributed by atoms with Crippen LogP contribution >= 0.6 is 0 Å². The molecule has 101 heavy (non-hydrogen) atoms. The lowest BCUT2D eigenvalue weighted by Gasteiger charge is -2.05. The van der Waals surface area contributed by atoms with Gasteiger partial charge in [-0.3, -0.25) is 0 Å². The van der Waals surface area contributed by atoms with E-state index in [2.05, 4.69) is 12.8 Å². The van der Waals surface area contributed by atoms with Gasteiger partial charge in [0.25, 0.3) is 0 Å². The first kappa shape index (κ1) is 100. The summed E-state index contributed by atoms with van der Waals surface area (Å²) in [5.41, 5.74) is 0. The molecule has 1 N–H and O–H groups in total. The van der Waals surface area contributed by atoms with Gasteiger partial charge in [0.1, 0.15) is 6.11 Å². The van der Waals surface area contributed by atoms with Gasteiger partial charge in [0.2, 0.25) is 0 Å². The molecule has 1 nitrogen and oxygen atoms in total. The smallest absolute Gasteiger partial charge is 0.107 e. The van der Waals surface area contributed by atoms with Gasteiger partial charge in [0, 0.05) is 6.42 Å². The fourth-order valence-corrected chi connectivity index (χ4v) is 17.0. The van der Waals surface area contributed by atoms with Crippen molar-refractivity contribution in [3.63, 3.8) is 0 Å². The Morgan fingerprint density at radius 3 is 0.248 bits per heavy atom. The molecule has 0 spiro atoms. The van der Waals surface area contributed by atoms with Gasteiger partial charge in [0.15, 0.2) is 0 Å². The monoisotopic (exact) mass is 1420 g/mol. The van der Waals surface area contributed by atoms with Gasteiger partial charge in [-0.1, -0.05) is 623 Å². The van der Waals surface area contributed by atoms with Crippen LogP contribution in [0.3, 0.4) is 0 Å². The summed E-state index contributed by atoms with van der Waals surface area (Å²) in [4.78, 5) is 0. The Bertz CT molecular complexity index is 1420. The van der Waals surface area contributed by atoms with E-state index in [0.717, 1.165) is 12.8 Å². The number of hydrogen-bond donors (Lipinski definition) is 1. The minimum atomic E-state index is 0.858. The van der Waals surface area contributed by atoms with Crippen molar-refractivity contribution >= 4 is 0 Å². The first-order chi connectivity index (χ1) is 50.4. The van der Waals surface area contributed by atoms with Crippen LogP contribution in [0.4, 0.5) is 0 Å². The first-order valence-electron chi connectivity index (χ1n) is 49.5. The van der Waals surface area contributed by atoms with Crippen molar-refractivity contribution in [2.45, 2.75) is 630 Å². The van der Waals surface area contributed by atoms with E-state index in [1.54, 1.807) is 0 Å². The highest BCUT2D eigenvalue weighted by molar-refractivity contribution is 4.88. The molecule has 0 fully saturated rings. The third-order valence-electron chi connectivity index (χ3n) is 24.2. The Morgan fingerprint density at radius 2 is 0.178 bits per heavy atom. The Hall–Kier alpha value is -0.640. The summed E-state index contributed by atoms with van der Waals surface area (Å²) in [5, 5.41) is 8.50. The zero-order chi connectivity index (χ0) is 72.0. The average molecular weight is 1420 g/mol. The molecule has 0 atom stereocenters. The van der Waals surface area contributed by atoms with E-state index in [9.17, 15) is 0 Å². The van der Waals surface area contributed by atoms with Crippen molar-refractivity contribution in [2.75, 3.05) is 0 Å². The molecule has 0 bridgehead atoms. The molecule has 0 heterocycles. The van der Waals surface area contributed by atoms with E-state index in [1.807, 2.05) is 6.11 Å². The second kappa shape index (κ2) is 99.4. The summed E-state index contributed by atoms with van der Waals surface area (Å²) >= 11 is 0. The van der Waals surface area contributed by atoms with Crippen molar-refractivity contribution in [3.05, 3.63) is 0 Å². The molecule has 0 rings (SSSR count). The number of unbranched alkanes of at least 4 members (excludes halogenated alkanes) is 96. The molecular weight excluding hydrogens is 1220 g/mol. The molecule has 0 aromatic heterocycles. The standard InChI is InChI=1S/C100H198O/c1-2-3-4-5-6-7-8-9-10-11-12-13-14-15-16-17-18-19-20-21-22-23-24-25-26-27-28-29-30-31-32-33-34-35-36-37-38-39-40-41-42-43-44-45-46-47-48-49-50-51-52-53-54-55-56-57-58-59-60-61-62-63-64-65-66-67-68-69-70-71-72-73-74-75-76-77-78-79-80-81-82-83-84-85-86-87-88-89-90-91-92-93-94-95-96-97-98-99-100-101/h101H,2-98H2,1H3. The van der Waals surface area contributed by atoms with Crippen LogP contribution in [0.5, 0.6) is 0 Å². The molecule has 0 unspecified atom stereocenters. The van der Waals surface area contributed by atoms with E-state index in [4.69, 9.17) is 5.11 Å². The summed E-state index contributed by atoms with van der Waals surface area (Å²) in [6.07, 6.45) is 145. The fraction of sp³-hybridized carbons (Fsp3) is 0.980. The van der Waals surface area contributed by atoms with Crippen LogP contribution in [0, 0.1) is 12.0 Å². The van der Waals surface area contributed by atoms with Gasteiger partial charge in [-0.05, 0) is 6.42 Å². The molecule has 0 radical (unpaired) electrons. The van der Waals surface area contributed by atoms with Crippen LogP contribution in [-0.4, -0.2) is 5.11 Å². The van der Waals surface area contributed by atoms with Crippen LogP contribution < -0.4 is 0 Å².